The van der Waals surface area contributed by atoms with Crippen molar-refractivity contribution in [2.24, 2.45) is 5.92 Å². The zero-order chi connectivity index (χ0) is 23.2. The number of carbonyl (C=O) groups excluding carboxylic acids is 2. The number of piperidine rings is 1. The third-order valence-electron chi connectivity index (χ3n) is 5.06. The summed E-state index contributed by atoms with van der Waals surface area (Å²) >= 11 is 0. The number of likely N-dealkylation sites (tertiary alicyclic amines) is 1. The van der Waals surface area contributed by atoms with E-state index >= 15 is 0 Å². The monoisotopic (exact) mass is 442 g/mol. The van der Waals surface area contributed by atoms with Crippen LogP contribution in [-0.4, -0.2) is 59.0 Å². The van der Waals surface area contributed by atoms with E-state index in [1.807, 2.05) is 20.8 Å². The largest absolute Gasteiger partial charge is 0.493 e. The van der Waals surface area contributed by atoms with Crippen LogP contribution in [0.1, 0.15) is 63.7 Å². The molecule has 0 aromatic heterocycles. The third kappa shape index (κ3) is 7.34. The van der Waals surface area contributed by atoms with Gasteiger partial charge in [0, 0.05) is 31.8 Å². The second-order valence-electron chi connectivity index (χ2n) is 8.68. The van der Waals surface area contributed by atoms with Crippen LogP contribution in [0.25, 0.3) is 0 Å². The highest BCUT2D eigenvalue weighted by atomic mass is 19.1. The van der Waals surface area contributed by atoms with Crippen molar-refractivity contribution in [3.8, 4) is 5.75 Å². The van der Waals surface area contributed by atoms with Gasteiger partial charge < -0.3 is 14.4 Å². The molecule has 0 unspecified atom stereocenters. The Kier molecular flexibility index (Phi) is 8.61. The van der Waals surface area contributed by atoms with Crippen molar-refractivity contribution in [2.45, 2.75) is 59.0 Å². The Hall–Kier alpha value is -2.42. The molecule has 1 fully saturated rings. The zero-order valence-electron chi connectivity index (χ0n) is 18.6. The predicted octanol–water partition coefficient (Wildman–Crippen LogP) is 4.62. The quantitative estimate of drug-likeness (QED) is 0.379. The number of hydrogen-bond donors (Lipinski definition) is 1. The normalized spacial score (nSPS) is 15.0. The summed E-state index contributed by atoms with van der Waals surface area (Å²) in [5.41, 5.74) is -1.32. The highest BCUT2D eigenvalue weighted by molar-refractivity contribution is 5.94. The zero-order valence-corrected chi connectivity index (χ0v) is 18.6. The molecule has 7 nitrogen and oxygen atoms in total. The highest BCUT2D eigenvalue weighted by Gasteiger charge is 2.27. The maximum absolute atomic E-state index is 14.1. The summed E-state index contributed by atoms with van der Waals surface area (Å²) in [6, 6.07) is 1.89. The molecule has 1 N–H and O–H groups in total. The van der Waals surface area contributed by atoms with Crippen LogP contribution in [0.5, 0.6) is 5.75 Å². The van der Waals surface area contributed by atoms with E-state index in [0.717, 1.165) is 31.4 Å². The topological polar surface area (TPSA) is 79.3 Å². The number of halogens is 2. The minimum absolute atomic E-state index is 0.00715. The van der Waals surface area contributed by atoms with E-state index in [1.54, 1.807) is 4.90 Å². The van der Waals surface area contributed by atoms with E-state index in [1.165, 1.54) is 6.92 Å². The average molecular weight is 443 g/mol. The molecule has 1 saturated heterocycles. The van der Waals surface area contributed by atoms with Crippen molar-refractivity contribution < 1.29 is 33.1 Å². The van der Waals surface area contributed by atoms with Gasteiger partial charge >= 0.3 is 6.09 Å². The Balaban J connectivity index is 1.76. The van der Waals surface area contributed by atoms with Crippen molar-refractivity contribution in [2.75, 3.05) is 26.2 Å². The molecule has 0 atom stereocenters. The smallest absolute Gasteiger partial charge is 0.410 e. The molecule has 0 spiro atoms. The molecule has 1 aliphatic rings. The van der Waals surface area contributed by atoms with Crippen LogP contribution in [0.3, 0.4) is 0 Å². The maximum atomic E-state index is 14.1. The number of hydrogen-bond acceptors (Lipinski definition) is 5. The molecule has 31 heavy (non-hydrogen) atoms. The lowest BCUT2D eigenvalue weighted by atomic mass is 9.92. The number of nitrogens with zero attached hydrogens (tertiary/aromatic N) is 2. The van der Waals surface area contributed by atoms with Crippen LogP contribution in [-0.2, 0) is 4.74 Å². The Bertz CT molecular complexity index is 751. The second-order valence-corrected chi connectivity index (χ2v) is 8.68. The van der Waals surface area contributed by atoms with Gasteiger partial charge in [0.1, 0.15) is 28.5 Å². The molecule has 2 rings (SSSR count). The van der Waals surface area contributed by atoms with Gasteiger partial charge in [-0.25, -0.2) is 18.6 Å². The second kappa shape index (κ2) is 10.7. The van der Waals surface area contributed by atoms with Crippen LogP contribution >= 0.6 is 0 Å². The lowest BCUT2D eigenvalue weighted by Gasteiger charge is -2.33. The number of amides is 2. The van der Waals surface area contributed by atoms with Gasteiger partial charge in [0.05, 0.1) is 6.61 Å². The van der Waals surface area contributed by atoms with Crippen LogP contribution in [0.2, 0.25) is 0 Å². The van der Waals surface area contributed by atoms with Gasteiger partial charge in [-0.05, 0) is 59.3 Å². The van der Waals surface area contributed by atoms with Crippen molar-refractivity contribution in [3.63, 3.8) is 0 Å². The first-order valence-electron chi connectivity index (χ1n) is 10.6. The van der Waals surface area contributed by atoms with Crippen LogP contribution in [0.15, 0.2) is 12.1 Å². The number of benzene rings is 1. The van der Waals surface area contributed by atoms with Gasteiger partial charge in [-0.2, -0.15) is 0 Å². The highest BCUT2D eigenvalue weighted by Crippen LogP contribution is 2.25. The molecule has 174 valence electrons. The lowest BCUT2D eigenvalue weighted by Crippen LogP contribution is -2.41. The van der Waals surface area contributed by atoms with E-state index < -0.39 is 28.7 Å². The van der Waals surface area contributed by atoms with Crippen LogP contribution in [0, 0.1) is 17.6 Å². The molecule has 1 aliphatic heterocycles. The fraction of sp³-hybridized carbons (Fsp3) is 0.636. The Morgan fingerprint density at radius 3 is 2.29 bits per heavy atom. The van der Waals surface area contributed by atoms with E-state index in [4.69, 9.17) is 9.47 Å². The van der Waals surface area contributed by atoms with Gasteiger partial charge in [0.25, 0.3) is 5.91 Å². The lowest BCUT2D eigenvalue weighted by molar-refractivity contribution is -0.0548. The summed E-state index contributed by atoms with van der Waals surface area (Å²) in [5.74, 6) is -2.86. The van der Waals surface area contributed by atoms with Crippen LogP contribution < -0.4 is 4.74 Å². The van der Waals surface area contributed by atoms with Crippen molar-refractivity contribution >= 4 is 12.0 Å². The van der Waals surface area contributed by atoms with Crippen LogP contribution in [0.4, 0.5) is 13.6 Å². The van der Waals surface area contributed by atoms with Gasteiger partial charge in [-0.3, -0.25) is 10.0 Å². The van der Waals surface area contributed by atoms with Crippen molar-refractivity contribution in [1.29, 1.82) is 0 Å². The molecule has 0 radical (unpaired) electrons. The van der Waals surface area contributed by atoms with Gasteiger partial charge in [-0.15, -0.1) is 0 Å². The van der Waals surface area contributed by atoms with Gasteiger partial charge in [-0.1, -0.05) is 0 Å². The van der Waals surface area contributed by atoms with Crippen molar-refractivity contribution in [1.82, 2.24) is 9.96 Å². The molecule has 0 saturated carbocycles. The maximum Gasteiger partial charge on any atom is 0.410 e. The molecule has 0 bridgehead atoms. The van der Waals surface area contributed by atoms with Crippen molar-refractivity contribution in [3.05, 3.63) is 29.3 Å². The van der Waals surface area contributed by atoms with Gasteiger partial charge in [0.15, 0.2) is 0 Å². The number of carbonyl (C=O) groups is 2. The fourth-order valence-electron chi connectivity index (χ4n) is 3.40. The Morgan fingerprint density at radius 2 is 1.77 bits per heavy atom. The number of ether oxygens (including phenoxy) is 2. The first-order chi connectivity index (χ1) is 14.5. The molecule has 0 aliphatic carbocycles. The fourth-order valence-corrected chi connectivity index (χ4v) is 3.40. The average Bonchev–Trinajstić information content (AvgIpc) is 2.69. The molecule has 2 amide bonds. The molecular weight excluding hydrogens is 410 g/mol. The third-order valence-corrected chi connectivity index (χ3v) is 5.06. The van der Waals surface area contributed by atoms with E-state index in [9.17, 15) is 23.6 Å². The number of hydroxylamine groups is 2. The predicted molar refractivity (Wildman–Crippen MR) is 110 cm³/mol. The van der Waals surface area contributed by atoms with E-state index in [2.05, 4.69) is 0 Å². The summed E-state index contributed by atoms with van der Waals surface area (Å²) in [6.07, 6.45) is 3.02. The standard InChI is InChI=1S/C22H32F2N2O5/c1-5-26(29)20(27)19-17(23)13-16(14-18(19)24)30-12-6-7-15-8-10-25(11-9-15)21(28)31-22(2,3)4/h13-15,29H,5-12H2,1-4H3. The Labute approximate surface area is 181 Å². The Morgan fingerprint density at radius 1 is 1.19 bits per heavy atom. The summed E-state index contributed by atoms with van der Waals surface area (Å²) in [7, 11) is 0. The van der Waals surface area contributed by atoms with E-state index in [-0.39, 0.29) is 30.1 Å². The summed E-state index contributed by atoms with van der Waals surface area (Å²) in [5, 5.41) is 9.63. The first-order valence-corrected chi connectivity index (χ1v) is 10.6. The summed E-state index contributed by atoms with van der Waals surface area (Å²) in [4.78, 5) is 25.6. The summed E-state index contributed by atoms with van der Waals surface area (Å²) in [6.45, 7) is 8.48. The number of rotatable bonds is 7. The summed E-state index contributed by atoms with van der Waals surface area (Å²) < 4.78 is 39.1. The SMILES string of the molecule is CCN(O)C(=O)c1c(F)cc(OCCCC2CCN(C(=O)OC(C)(C)C)CC2)cc1F. The minimum Gasteiger partial charge on any atom is -0.493 e. The molecule has 9 heteroatoms. The molecule has 1 heterocycles. The van der Waals surface area contributed by atoms with Gasteiger partial charge in [0.2, 0.25) is 0 Å². The first kappa shape index (κ1) is 24.8. The van der Waals surface area contributed by atoms with E-state index in [0.29, 0.717) is 25.4 Å². The molecule has 1 aromatic carbocycles. The molecule has 1 aromatic rings. The minimum atomic E-state index is -1.14. The molecular formula is C22H32F2N2O5.